The van der Waals surface area contributed by atoms with E-state index in [2.05, 4.69) is 22.6 Å². The maximum Gasteiger partial charge on any atom is 0.243 e. The fourth-order valence-electron chi connectivity index (χ4n) is 2.76. The molecule has 0 aliphatic carbocycles. The lowest BCUT2D eigenvalue weighted by Crippen LogP contribution is -2.33. The molecule has 2 heterocycles. The van der Waals surface area contributed by atoms with Crippen molar-refractivity contribution in [3.8, 4) is 0 Å². The highest BCUT2D eigenvalue weighted by molar-refractivity contribution is 5.83. The highest BCUT2D eigenvalue weighted by Crippen LogP contribution is 2.19. The van der Waals surface area contributed by atoms with Crippen LogP contribution in [0.4, 0.5) is 0 Å². The van der Waals surface area contributed by atoms with Crippen LogP contribution >= 0.6 is 0 Å². The number of rotatable bonds is 6. The van der Waals surface area contributed by atoms with Crippen LogP contribution in [0.15, 0.2) is 30.5 Å². The van der Waals surface area contributed by atoms with Crippen molar-refractivity contribution in [1.82, 2.24) is 10.5 Å². The molecule has 5 nitrogen and oxygen atoms in total. The topological polar surface area (TPSA) is 63.4 Å². The van der Waals surface area contributed by atoms with E-state index in [0.29, 0.717) is 13.0 Å². The number of hydroxylamine groups is 1. The Morgan fingerprint density at radius 2 is 2.27 bits per heavy atom. The first-order chi connectivity index (χ1) is 10.8. The van der Waals surface area contributed by atoms with E-state index in [-0.39, 0.29) is 12.2 Å². The number of benzene rings is 1. The van der Waals surface area contributed by atoms with Gasteiger partial charge in [-0.15, -0.1) is 0 Å². The zero-order valence-electron chi connectivity index (χ0n) is 12.6. The van der Waals surface area contributed by atoms with Gasteiger partial charge in [-0.1, -0.05) is 18.2 Å². The molecule has 1 aromatic heterocycles. The summed E-state index contributed by atoms with van der Waals surface area (Å²) >= 11 is 0. The van der Waals surface area contributed by atoms with Crippen molar-refractivity contribution in [2.24, 2.45) is 0 Å². The number of aromatic nitrogens is 1. The van der Waals surface area contributed by atoms with Crippen molar-refractivity contribution in [3.05, 3.63) is 36.0 Å². The molecule has 1 unspecified atom stereocenters. The third-order valence-corrected chi connectivity index (χ3v) is 3.97. The third kappa shape index (κ3) is 3.87. The van der Waals surface area contributed by atoms with Gasteiger partial charge in [0.15, 0.2) is 6.29 Å². The monoisotopic (exact) mass is 302 g/mol. The predicted octanol–water partition coefficient (Wildman–Crippen LogP) is 3.07. The van der Waals surface area contributed by atoms with Gasteiger partial charge in [-0.25, -0.2) is 10.3 Å². The lowest BCUT2D eigenvalue weighted by Gasteiger charge is -2.22. The first kappa shape index (κ1) is 15.1. The molecule has 1 fully saturated rings. The maximum atomic E-state index is 11.8. The molecule has 1 aliphatic heterocycles. The van der Waals surface area contributed by atoms with E-state index in [4.69, 9.17) is 9.57 Å². The summed E-state index contributed by atoms with van der Waals surface area (Å²) in [5.74, 6) is -0.0889. The molecule has 1 amide bonds. The molecule has 0 saturated carbocycles. The molecule has 2 aromatic rings. The smallest absolute Gasteiger partial charge is 0.243 e. The fraction of sp³-hybridized carbons (Fsp3) is 0.471. The van der Waals surface area contributed by atoms with E-state index >= 15 is 0 Å². The average Bonchev–Trinajstić information content (AvgIpc) is 2.97. The molecule has 0 bridgehead atoms. The molecular formula is C17H22N2O3. The fourth-order valence-corrected chi connectivity index (χ4v) is 2.76. The van der Waals surface area contributed by atoms with E-state index in [1.807, 2.05) is 18.3 Å². The molecule has 1 saturated heterocycles. The number of carbonyl (C=O) groups is 1. The number of nitrogens with one attached hydrogen (secondary N) is 2. The minimum atomic E-state index is -0.286. The van der Waals surface area contributed by atoms with Gasteiger partial charge in [-0.3, -0.25) is 4.79 Å². The largest absolute Gasteiger partial charge is 0.361 e. The second kappa shape index (κ2) is 7.42. The minimum absolute atomic E-state index is 0.0889. The number of aryl methyl sites for hydroxylation is 1. The van der Waals surface area contributed by atoms with Gasteiger partial charge in [-0.05, 0) is 37.3 Å². The third-order valence-electron chi connectivity index (χ3n) is 3.97. The Morgan fingerprint density at radius 3 is 3.14 bits per heavy atom. The molecule has 1 aromatic carbocycles. The second-order valence-corrected chi connectivity index (χ2v) is 5.65. The van der Waals surface area contributed by atoms with Crippen molar-refractivity contribution in [1.29, 1.82) is 0 Å². The minimum Gasteiger partial charge on any atom is -0.361 e. The zero-order chi connectivity index (χ0) is 15.2. The molecule has 0 spiro atoms. The lowest BCUT2D eigenvalue weighted by atomic mass is 10.1. The Hall–Kier alpha value is -1.85. The van der Waals surface area contributed by atoms with Crippen molar-refractivity contribution in [2.45, 2.75) is 44.8 Å². The summed E-state index contributed by atoms with van der Waals surface area (Å²) in [5, 5.41) is 1.23. The second-order valence-electron chi connectivity index (χ2n) is 5.65. The first-order valence-corrected chi connectivity index (χ1v) is 7.94. The summed E-state index contributed by atoms with van der Waals surface area (Å²) in [6.07, 6.45) is 6.85. The number of para-hydroxylation sites is 1. The highest BCUT2D eigenvalue weighted by Gasteiger charge is 2.15. The summed E-state index contributed by atoms with van der Waals surface area (Å²) in [5.41, 5.74) is 4.89. The standard InChI is InChI=1S/C17H22N2O3/c20-16(19-22-17-10-3-4-11-21-17)9-5-6-13-12-18-15-8-2-1-7-14(13)15/h1-2,7-8,12,17-18H,3-6,9-11H2,(H,19,20). The Kier molecular flexibility index (Phi) is 5.08. The van der Waals surface area contributed by atoms with Crippen LogP contribution in [-0.2, 0) is 20.8 Å². The predicted molar refractivity (Wildman–Crippen MR) is 84.1 cm³/mol. The van der Waals surface area contributed by atoms with Crippen LogP contribution in [0, 0.1) is 0 Å². The zero-order valence-corrected chi connectivity index (χ0v) is 12.6. The summed E-state index contributed by atoms with van der Waals surface area (Å²) in [4.78, 5) is 20.3. The molecule has 22 heavy (non-hydrogen) atoms. The molecular weight excluding hydrogens is 280 g/mol. The molecule has 0 radical (unpaired) electrons. The Balaban J connectivity index is 1.40. The Morgan fingerprint density at radius 1 is 1.36 bits per heavy atom. The van der Waals surface area contributed by atoms with Gasteiger partial charge >= 0.3 is 0 Å². The molecule has 1 atom stereocenters. The van der Waals surface area contributed by atoms with Gasteiger partial charge in [0.2, 0.25) is 5.91 Å². The van der Waals surface area contributed by atoms with Crippen LogP contribution in [0.3, 0.4) is 0 Å². The molecule has 2 N–H and O–H groups in total. The van der Waals surface area contributed by atoms with E-state index in [0.717, 1.165) is 37.6 Å². The average molecular weight is 302 g/mol. The lowest BCUT2D eigenvalue weighted by molar-refractivity contribution is -0.200. The van der Waals surface area contributed by atoms with Gasteiger partial charge in [0, 0.05) is 36.5 Å². The normalized spacial score (nSPS) is 18.5. The van der Waals surface area contributed by atoms with Crippen LogP contribution in [0.25, 0.3) is 10.9 Å². The van der Waals surface area contributed by atoms with Gasteiger partial charge < -0.3 is 9.72 Å². The number of carbonyl (C=O) groups excluding carboxylic acids is 1. The SMILES string of the molecule is O=C(CCCc1c[nH]c2ccccc12)NOC1CCCCO1. The van der Waals surface area contributed by atoms with Gasteiger partial charge in [0.05, 0.1) is 0 Å². The number of hydrogen-bond donors (Lipinski definition) is 2. The van der Waals surface area contributed by atoms with Crippen LogP contribution < -0.4 is 5.48 Å². The number of hydrogen-bond acceptors (Lipinski definition) is 3. The van der Waals surface area contributed by atoms with Crippen LogP contribution in [-0.4, -0.2) is 23.8 Å². The molecule has 3 rings (SSSR count). The van der Waals surface area contributed by atoms with E-state index in [1.165, 1.54) is 10.9 Å². The van der Waals surface area contributed by atoms with Gasteiger partial charge in [-0.2, -0.15) is 0 Å². The van der Waals surface area contributed by atoms with Crippen LogP contribution in [0.1, 0.15) is 37.7 Å². The summed E-state index contributed by atoms with van der Waals surface area (Å²) < 4.78 is 5.40. The summed E-state index contributed by atoms with van der Waals surface area (Å²) in [7, 11) is 0. The molecule has 118 valence electrons. The van der Waals surface area contributed by atoms with Crippen LogP contribution in [0.5, 0.6) is 0 Å². The van der Waals surface area contributed by atoms with Gasteiger partial charge in [0.1, 0.15) is 0 Å². The summed E-state index contributed by atoms with van der Waals surface area (Å²) in [6.45, 7) is 0.709. The van der Waals surface area contributed by atoms with Crippen LogP contribution in [0.2, 0.25) is 0 Å². The number of amides is 1. The van der Waals surface area contributed by atoms with Crippen molar-refractivity contribution in [3.63, 3.8) is 0 Å². The molecule has 1 aliphatic rings. The van der Waals surface area contributed by atoms with E-state index < -0.39 is 0 Å². The van der Waals surface area contributed by atoms with Gasteiger partial charge in [0.25, 0.3) is 0 Å². The van der Waals surface area contributed by atoms with E-state index in [9.17, 15) is 4.79 Å². The van der Waals surface area contributed by atoms with Crippen molar-refractivity contribution >= 4 is 16.8 Å². The Labute approximate surface area is 129 Å². The van der Waals surface area contributed by atoms with E-state index in [1.54, 1.807) is 0 Å². The maximum absolute atomic E-state index is 11.8. The number of ether oxygens (including phenoxy) is 1. The quantitative estimate of drug-likeness (QED) is 0.806. The Bertz CT molecular complexity index is 617. The number of fused-ring (bicyclic) bond motifs is 1. The van der Waals surface area contributed by atoms with Crippen molar-refractivity contribution < 1.29 is 14.4 Å². The number of H-pyrrole nitrogens is 1. The number of aromatic amines is 1. The first-order valence-electron chi connectivity index (χ1n) is 7.94. The van der Waals surface area contributed by atoms with Crippen molar-refractivity contribution in [2.75, 3.05) is 6.61 Å². The molecule has 5 heteroatoms. The highest BCUT2D eigenvalue weighted by atomic mass is 16.8. The summed E-state index contributed by atoms with van der Waals surface area (Å²) in [6, 6.07) is 8.21.